The van der Waals surface area contributed by atoms with Crippen molar-refractivity contribution < 1.29 is 38.4 Å². The Labute approximate surface area is 217 Å². The van der Waals surface area contributed by atoms with E-state index in [-0.39, 0.29) is 36.6 Å². The number of alkyl halides is 1. The molecular formula is C27H37ClO8. The van der Waals surface area contributed by atoms with Crippen molar-refractivity contribution in [2.45, 2.75) is 69.5 Å². The maximum Gasteiger partial charge on any atom is 0.303 e. The van der Waals surface area contributed by atoms with Gasteiger partial charge in [0, 0.05) is 24.9 Å². The fraction of sp³-hybridized carbons (Fsp3) is 0.741. The number of rotatable bonds is 9. The second kappa shape index (κ2) is 9.95. The molecule has 4 aliphatic carbocycles. The first-order valence-electron chi connectivity index (χ1n) is 12.6. The van der Waals surface area contributed by atoms with E-state index in [1.54, 1.807) is 19.3 Å². The van der Waals surface area contributed by atoms with Crippen LogP contribution in [-0.4, -0.2) is 72.9 Å². The normalized spacial score (nSPS) is 41.2. The maximum atomic E-state index is 13.7. The molecule has 1 N–H and O–H groups in total. The van der Waals surface area contributed by atoms with Gasteiger partial charge in [-0.2, -0.15) is 0 Å². The Hall–Kier alpha value is -1.58. The standard InChI is InChI=1S/C27H37ClO8/c1-17(29)35-15-23(32)26(36-16-34-12-11-33-4)10-8-20-21-6-5-18-13-19(30)7-9-24(18,2)27(21,28)22(31)14-25(20,26)3/h7,9,13,20-22,31H,5-6,8,10-12,14-16H2,1-4H3/t20-,21-,22?,24-,25-,26-,27-/m0/s1. The number of esters is 1. The zero-order chi connectivity index (χ0) is 26.4. The minimum atomic E-state index is -1.30. The van der Waals surface area contributed by atoms with Gasteiger partial charge in [-0.05, 0) is 56.1 Å². The summed E-state index contributed by atoms with van der Waals surface area (Å²) in [6.45, 7) is 5.41. The number of allylic oxidation sites excluding steroid dienone is 4. The molecule has 0 aromatic heterocycles. The van der Waals surface area contributed by atoms with Crippen LogP contribution >= 0.6 is 11.6 Å². The monoisotopic (exact) mass is 524 g/mol. The highest BCUT2D eigenvalue weighted by Gasteiger charge is 2.73. The second-order valence-corrected chi connectivity index (χ2v) is 11.6. The Bertz CT molecular complexity index is 977. The Morgan fingerprint density at radius 1 is 1.19 bits per heavy atom. The van der Waals surface area contributed by atoms with Gasteiger partial charge in [0.25, 0.3) is 0 Å². The third-order valence-corrected chi connectivity index (χ3v) is 10.4. The first-order valence-corrected chi connectivity index (χ1v) is 13.0. The quantitative estimate of drug-likeness (QED) is 0.212. The molecule has 0 aromatic carbocycles. The number of ketones is 2. The number of carbonyl (C=O) groups excluding carboxylic acids is 3. The van der Waals surface area contributed by atoms with E-state index in [1.165, 1.54) is 6.92 Å². The van der Waals surface area contributed by atoms with Gasteiger partial charge in [-0.1, -0.05) is 25.5 Å². The summed E-state index contributed by atoms with van der Waals surface area (Å²) in [5.74, 6) is -1.08. The molecule has 7 atom stereocenters. The van der Waals surface area contributed by atoms with Crippen LogP contribution in [0.5, 0.6) is 0 Å². The van der Waals surface area contributed by atoms with Crippen LogP contribution in [0.1, 0.15) is 52.9 Å². The molecule has 0 spiro atoms. The molecule has 8 nitrogen and oxygen atoms in total. The van der Waals surface area contributed by atoms with Crippen molar-refractivity contribution in [1.82, 2.24) is 0 Å². The summed E-state index contributed by atoms with van der Waals surface area (Å²) in [6, 6.07) is 0. The van der Waals surface area contributed by atoms with Gasteiger partial charge in [-0.25, -0.2) is 0 Å². The number of hydrogen-bond acceptors (Lipinski definition) is 8. The summed E-state index contributed by atoms with van der Waals surface area (Å²) in [5.41, 5.74) is -1.79. The topological polar surface area (TPSA) is 108 Å². The molecule has 4 rings (SSSR count). The molecule has 0 aromatic rings. The Morgan fingerprint density at radius 2 is 1.94 bits per heavy atom. The lowest BCUT2D eigenvalue weighted by molar-refractivity contribution is -0.216. The van der Waals surface area contributed by atoms with E-state index >= 15 is 0 Å². The third-order valence-electron chi connectivity index (χ3n) is 9.44. The average Bonchev–Trinajstić information content (AvgIpc) is 3.11. The highest BCUT2D eigenvalue weighted by atomic mass is 35.5. The number of ether oxygens (including phenoxy) is 4. The zero-order valence-corrected chi connectivity index (χ0v) is 22.3. The molecule has 3 saturated carbocycles. The molecule has 0 radical (unpaired) electrons. The van der Waals surface area contributed by atoms with Gasteiger partial charge >= 0.3 is 5.97 Å². The first-order chi connectivity index (χ1) is 17.0. The molecule has 0 heterocycles. The Morgan fingerprint density at radius 3 is 2.64 bits per heavy atom. The van der Waals surface area contributed by atoms with Gasteiger partial charge in [0.05, 0.1) is 24.2 Å². The lowest BCUT2D eigenvalue weighted by atomic mass is 9.45. The molecule has 1 unspecified atom stereocenters. The SMILES string of the molecule is COCCOCO[C@]1(C(=O)COC(C)=O)CC[C@H]2[C@@H]3CCC4=CC(=O)C=C[C@]4(C)[C@@]3(Cl)C(O)C[C@@]21C. The number of methoxy groups -OCH3 is 1. The van der Waals surface area contributed by atoms with Crippen molar-refractivity contribution in [2.24, 2.45) is 22.7 Å². The molecule has 0 saturated heterocycles. The molecule has 0 aliphatic heterocycles. The van der Waals surface area contributed by atoms with Gasteiger partial charge in [0.15, 0.2) is 12.4 Å². The van der Waals surface area contributed by atoms with Crippen molar-refractivity contribution in [2.75, 3.05) is 33.7 Å². The third kappa shape index (κ3) is 4.00. The zero-order valence-electron chi connectivity index (χ0n) is 21.5. The van der Waals surface area contributed by atoms with Crippen LogP contribution in [-0.2, 0) is 33.3 Å². The van der Waals surface area contributed by atoms with Crippen molar-refractivity contribution in [3.63, 3.8) is 0 Å². The smallest absolute Gasteiger partial charge is 0.303 e. The van der Waals surface area contributed by atoms with E-state index < -0.39 is 40.0 Å². The number of hydrogen-bond donors (Lipinski definition) is 1. The summed E-state index contributed by atoms with van der Waals surface area (Å²) >= 11 is 7.47. The number of halogens is 1. The molecule has 9 heteroatoms. The van der Waals surface area contributed by atoms with Gasteiger partial charge < -0.3 is 24.1 Å². The minimum absolute atomic E-state index is 0.0249. The van der Waals surface area contributed by atoms with Gasteiger partial charge in [0.1, 0.15) is 12.4 Å². The lowest BCUT2D eigenvalue weighted by Gasteiger charge is -2.64. The van der Waals surface area contributed by atoms with Crippen LogP contribution in [0.3, 0.4) is 0 Å². The summed E-state index contributed by atoms with van der Waals surface area (Å²) in [7, 11) is 1.57. The first kappa shape index (κ1) is 27.5. The second-order valence-electron chi connectivity index (χ2n) is 11.0. The Kier molecular flexibility index (Phi) is 7.59. The predicted octanol–water partition coefficient (Wildman–Crippen LogP) is 3.13. The number of aliphatic hydroxyl groups excluding tert-OH is 1. The minimum Gasteiger partial charge on any atom is -0.458 e. The van der Waals surface area contributed by atoms with E-state index in [0.717, 1.165) is 5.57 Å². The van der Waals surface area contributed by atoms with E-state index in [0.29, 0.717) is 38.9 Å². The van der Waals surface area contributed by atoms with Crippen LogP contribution in [0.25, 0.3) is 0 Å². The highest BCUT2D eigenvalue weighted by Crippen LogP contribution is 2.71. The van der Waals surface area contributed by atoms with Crippen LogP contribution in [0.2, 0.25) is 0 Å². The van der Waals surface area contributed by atoms with Crippen molar-refractivity contribution >= 4 is 29.1 Å². The van der Waals surface area contributed by atoms with Crippen molar-refractivity contribution in [1.29, 1.82) is 0 Å². The summed E-state index contributed by atoms with van der Waals surface area (Å²) in [6.07, 6.45) is 6.78. The average molecular weight is 525 g/mol. The van der Waals surface area contributed by atoms with Crippen LogP contribution < -0.4 is 0 Å². The van der Waals surface area contributed by atoms with E-state index in [2.05, 4.69) is 0 Å². The highest BCUT2D eigenvalue weighted by molar-refractivity contribution is 6.26. The molecule has 4 aliphatic rings. The fourth-order valence-corrected chi connectivity index (χ4v) is 8.12. The molecule has 200 valence electrons. The maximum absolute atomic E-state index is 13.7. The van der Waals surface area contributed by atoms with Crippen molar-refractivity contribution in [3.8, 4) is 0 Å². The van der Waals surface area contributed by atoms with E-state index in [4.69, 9.17) is 30.5 Å². The number of fused-ring (bicyclic) bond motifs is 5. The largest absolute Gasteiger partial charge is 0.458 e. The molecule has 36 heavy (non-hydrogen) atoms. The number of aliphatic hydroxyl groups is 1. The predicted molar refractivity (Wildman–Crippen MR) is 131 cm³/mol. The van der Waals surface area contributed by atoms with Crippen molar-refractivity contribution in [3.05, 3.63) is 23.8 Å². The lowest BCUT2D eigenvalue weighted by Crippen LogP contribution is -2.69. The molecule has 0 bridgehead atoms. The van der Waals surface area contributed by atoms with Crippen LogP contribution in [0, 0.1) is 22.7 Å². The Balaban J connectivity index is 1.69. The summed E-state index contributed by atoms with van der Waals surface area (Å²) in [4.78, 5) is 36.2. The molecule has 0 amide bonds. The van der Waals surface area contributed by atoms with Gasteiger partial charge in [-0.15, -0.1) is 11.6 Å². The summed E-state index contributed by atoms with van der Waals surface area (Å²) in [5, 5.41) is 11.7. The fourth-order valence-electron chi connectivity index (χ4n) is 7.60. The van der Waals surface area contributed by atoms with E-state index in [1.807, 2.05) is 19.9 Å². The molecule has 3 fully saturated rings. The van der Waals surface area contributed by atoms with E-state index in [9.17, 15) is 19.5 Å². The molecular weight excluding hydrogens is 488 g/mol. The summed E-state index contributed by atoms with van der Waals surface area (Å²) < 4.78 is 21.9. The van der Waals surface area contributed by atoms with Crippen LogP contribution in [0.15, 0.2) is 23.8 Å². The van der Waals surface area contributed by atoms with Gasteiger partial charge in [0.2, 0.25) is 5.78 Å². The van der Waals surface area contributed by atoms with Gasteiger partial charge in [-0.3, -0.25) is 14.4 Å². The number of carbonyl (C=O) groups is 3. The van der Waals surface area contributed by atoms with Crippen LogP contribution in [0.4, 0.5) is 0 Å². The number of Topliss-reactive ketones (excluding diaryl/α,β-unsaturated/α-hetero) is 1.